The van der Waals surface area contributed by atoms with Crippen LogP contribution in [0.5, 0.6) is 0 Å². The standard InChI is InChI=1S/C31H28N6/c1-3-8-24(9-4-1)30(25-10-5-2-6-11-25)37-20-18-36(19-21-37)29-22-28(27-12-7-15-33-23-27)34-31(35-29)26-13-16-32-17-14-26/h1-17,22-23,30H,18-21H2. The average molecular weight is 485 g/mol. The van der Waals surface area contributed by atoms with E-state index in [0.717, 1.165) is 48.8 Å². The Morgan fingerprint density at radius 3 is 1.89 bits per heavy atom. The van der Waals surface area contributed by atoms with E-state index in [0.29, 0.717) is 5.82 Å². The van der Waals surface area contributed by atoms with Gasteiger partial charge in [-0.15, -0.1) is 0 Å². The molecule has 0 N–H and O–H groups in total. The number of anilines is 1. The molecule has 0 saturated carbocycles. The topological polar surface area (TPSA) is 58.0 Å². The summed E-state index contributed by atoms with van der Waals surface area (Å²) < 4.78 is 0. The van der Waals surface area contributed by atoms with Crippen molar-refractivity contribution in [2.45, 2.75) is 6.04 Å². The molecule has 1 aliphatic heterocycles. The van der Waals surface area contributed by atoms with E-state index in [1.165, 1.54) is 11.1 Å². The number of nitrogens with zero attached hydrogens (tertiary/aromatic N) is 6. The van der Waals surface area contributed by atoms with Gasteiger partial charge in [-0.05, 0) is 35.4 Å². The minimum Gasteiger partial charge on any atom is -0.354 e. The summed E-state index contributed by atoms with van der Waals surface area (Å²) in [5.74, 6) is 1.64. The normalized spacial score (nSPS) is 14.1. The van der Waals surface area contributed by atoms with Gasteiger partial charge in [0.1, 0.15) is 5.82 Å². The third-order valence-electron chi connectivity index (χ3n) is 6.84. The number of piperazine rings is 1. The quantitative estimate of drug-likeness (QED) is 0.317. The first kappa shape index (κ1) is 23.0. The van der Waals surface area contributed by atoms with Crippen molar-refractivity contribution in [2.24, 2.45) is 0 Å². The molecule has 0 unspecified atom stereocenters. The fourth-order valence-electron chi connectivity index (χ4n) is 4.98. The molecule has 1 aliphatic rings. The molecule has 3 aromatic heterocycles. The maximum atomic E-state index is 4.99. The van der Waals surface area contributed by atoms with Crippen molar-refractivity contribution < 1.29 is 0 Å². The lowest BCUT2D eigenvalue weighted by molar-refractivity contribution is 0.212. The van der Waals surface area contributed by atoms with Crippen LogP contribution in [-0.4, -0.2) is 51.0 Å². The van der Waals surface area contributed by atoms with Crippen molar-refractivity contribution in [3.8, 4) is 22.6 Å². The zero-order valence-electron chi connectivity index (χ0n) is 20.6. The molecule has 5 aromatic rings. The van der Waals surface area contributed by atoms with E-state index in [2.05, 4.69) is 86.5 Å². The molecule has 4 heterocycles. The first-order valence-electron chi connectivity index (χ1n) is 12.6. The van der Waals surface area contributed by atoms with Crippen molar-refractivity contribution in [3.05, 3.63) is 127 Å². The third kappa shape index (κ3) is 5.10. The van der Waals surface area contributed by atoms with Crippen LogP contribution in [0.15, 0.2) is 116 Å². The summed E-state index contributed by atoms with van der Waals surface area (Å²) in [6.07, 6.45) is 7.19. The molecule has 0 spiro atoms. The van der Waals surface area contributed by atoms with Crippen LogP contribution in [-0.2, 0) is 0 Å². The molecule has 182 valence electrons. The zero-order chi connectivity index (χ0) is 24.9. The Balaban J connectivity index is 1.29. The minimum atomic E-state index is 0.230. The second-order valence-corrected chi connectivity index (χ2v) is 9.16. The largest absolute Gasteiger partial charge is 0.354 e. The van der Waals surface area contributed by atoms with Crippen LogP contribution in [0.3, 0.4) is 0 Å². The molecule has 37 heavy (non-hydrogen) atoms. The van der Waals surface area contributed by atoms with Gasteiger partial charge in [0.05, 0.1) is 11.7 Å². The lowest BCUT2D eigenvalue weighted by Gasteiger charge is -2.40. The van der Waals surface area contributed by atoms with Gasteiger partial charge in [0.2, 0.25) is 0 Å². The molecule has 6 rings (SSSR count). The predicted molar refractivity (Wildman–Crippen MR) is 147 cm³/mol. The zero-order valence-corrected chi connectivity index (χ0v) is 20.6. The highest BCUT2D eigenvalue weighted by Crippen LogP contribution is 2.31. The summed E-state index contributed by atoms with van der Waals surface area (Å²) in [4.78, 5) is 23.3. The lowest BCUT2D eigenvalue weighted by atomic mass is 9.96. The number of hydrogen-bond donors (Lipinski definition) is 0. The second kappa shape index (κ2) is 10.7. The van der Waals surface area contributed by atoms with Gasteiger partial charge in [0.25, 0.3) is 0 Å². The summed E-state index contributed by atoms with van der Waals surface area (Å²) in [7, 11) is 0. The Morgan fingerprint density at radius 1 is 0.595 bits per heavy atom. The van der Waals surface area contributed by atoms with Gasteiger partial charge >= 0.3 is 0 Å². The average Bonchev–Trinajstić information content (AvgIpc) is 2.99. The van der Waals surface area contributed by atoms with Crippen LogP contribution in [0, 0.1) is 0 Å². The van der Waals surface area contributed by atoms with E-state index >= 15 is 0 Å². The highest BCUT2D eigenvalue weighted by Gasteiger charge is 2.27. The molecule has 0 bridgehead atoms. The van der Waals surface area contributed by atoms with Crippen LogP contribution in [0.1, 0.15) is 17.2 Å². The fraction of sp³-hybridized carbons (Fsp3) is 0.161. The summed E-state index contributed by atoms with van der Waals surface area (Å²) >= 11 is 0. The molecular formula is C31H28N6. The molecular weight excluding hydrogens is 456 g/mol. The van der Waals surface area contributed by atoms with Crippen molar-refractivity contribution in [3.63, 3.8) is 0 Å². The van der Waals surface area contributed by atoms with E-state index in [-0.39, 0.29) is 6.04 Å². The van der Waals surface area contributed by atoms with Crippen LogP contribution in [0.2, 0.25) is 0 Å². The van der Waals surface area contributed by atoms with Crippen LogP contribution >= 0.6 is 0 Å². The third-order valence-corrected chi connectivity index (χ3v) is 6.84. The van der Waals surface area contributed by atoms with Crippen molar-refractivity contribution in [1.82, 2.24) is 24.8 Å². The maximum Gasteiger partial charge on any atom is 0.162 e. The van der Waals surface area contributed by atoms with Crippen molar-refractivity contribution in [1.29, 1.82) is 0 Å². The van der Waals surface area contributed by atoms with Crippen LogP contribution in [0.4, 0.5) is 5.82 Å². The lowest BCUT2D eigenvalue weighted by Crippen LogP contribution is -2.48. The van der Waals surface area contributed by atoms with Gasteiger partial charge in [-0.25, -0.2) is 9.97 Å². The van der Waals surface area contributed by atoms with Crippen LogP contribution in [0.25, 0.3) is 22.6 Å². The van der Waals surface area contributed by atoms with Crippen LogP contribution < -0.4 is 4.90 Å². The van der Waals surface area contributed by atoms with Crippen molar-refractivity contribution >= 4 is 5.82 Å². The molecule has 1 fully saturated rings. The summed E-state index contributed by atoms with van der Waals surface area (Å²) in [6, 6.07) is 31.8. The molecule has 2 aromatic carbocycles. The summed E-state index contributed by atoms with van der Waals surface area (Å²) in [5.41, 5.74) is 5.45. The molecule has 1 saturated heterocycles. The highest BCUT2D eigenvalue weighted by molar-refractivity contribution is 5.67. The Kier molecular flexibility index (Phi) is 6.64. The highest BCUT2D eigenvalue weighted by atomic mass is 15.3. The number of aromatic nitrogens is 4. The first-order chi connectivity index (χ1) is 18.3. The number of rotatable bonds is 6. The number of benzene rings is 2. The van der Waals surface area contributed by atoms with Gasteiger partial charge < -0.3 is 4.90 Å². The second-order valence-electron chi connectivity index (χ2n) is 9.16. The van der Waals surface area contributed by atoms with Gasteiger partial charge in [-0.2, -0.15) is 0 Å². The van der Waals surface area contributed by atoms with E-state index in [1.807, 2.05) is 30.5 Å². The number of hydrogen-bond acceptors (Lipinski definition) is 6. The maximum absolute atomic E-state index is 4.99. The Labute approximate surface area is 217 Å². The predicted octanol–water partition coefficient (Wildman–Crippen LogP) is 5.51. The molecule has 0 radical (unpaired) electrons. The SMILES string of the molecule is c1ccc(C(c2ccccc2)N2CCN(c3cc(-c4cccnc4)nc(-c4ccncc4)n3)CC2)cc1. The van der Waals surface area contributed by atoms with Gasteiger partial charge in [-0.3, -0.25) is 14.9 Å². The van der Waals surface area contributed by atoms with Crippen molar-refractivity contribution in [2.75, 3.05) is 31.1 Å². The number of pyridine rings is 2. The summed E-state index contributed by atoms with van der Waals surface area (Å²) in [5, 5.41) is 0. The Hall–Kier alpha value is -4.42. The first-order valence-corrected chi connectivity index (χ1v) is 12.6. The van der Waals surface area contributed by atoms with E-state index in [9.17, 15) is 0 Å². The van der Waals surface area contributed by atoms with E-state index in [4.69, 9.17) is 9.97 Å². The molecule has 6 nitrogen and oxygen atoms in total. The molecule has 0 atom stereocenters. The molecule has 6 heteroatoms. The van der Waals surface area contributed by atoms with E-state index in [1.54, 1.807) is 18.6 Å². The smallest absolute Gasteiger partial charge is 0.162 e. The van der Waals surface area contributed by atoms with E-state index < -0.39 is 0 Å². The molecule has 0 amide bonds. The minimum absolute atomic E-state index is 0.230. The molecule has 0 aliphatic carbocycles. The van der Waals surface area contributed by atoms with Gasteiger partial charge in [-0.1, -0.05) is 60.7 Å². The van der Waals surface area contributed by atoms with Gasteiger partial charge in [0.15, 0.2) is 5.82 Å². The summed E-state index contributed by atoms with van der Waals surface area (Å²) in [6.45, 7) is 3.64. The Bertz CT molecular complexity index is 1320. The Morgan fingerprint density at radius 2 is 1.27 bits per heavy atom. The monoisotopic (exact) mass is 484 g/mol. The fourth-order valence-corrected chi connectivity index (χ4v) is 4.98. The van der Waals surface area contributed by atoms with Gasteiger partial charge in [0, 0.05) is 68.2 Å².